The Morgan fingerprint density at radius 3 is 2.55 bits per heavy atom. The van der Waals surface area contributed by atoms with Crippen molar-refractivity contribution in [1.29, 1.82) is 0 Å². The first-order chi connectivity index (χ1) is 14.2. The number of rotatable bonds is 6. The Labute approximate surface area is 171 Å². The molecule has 0 radical (unpaired) electrons. The molecule has 0 unspecified atom stereocenters. The quantitative estimate of drug-likeness (QED) is 0.728. The lowest BCUT2D eigenvalue weighted by Gasteiger charge is -2.34. The number of nitrogens with zero attached hydrogens (tertiary/aromatic N) is 2. The van der Waals surface area contributed by atoms with E-state index in [0.29, 0.717) is 56.8 Å². The monoisotopic (exact) mass is 400 g/mol. The highest BCUT2D eigenvalue weighted by Crippen LogP contribution is 2.27. The number of hydrogen-bond acceptors (Lipinski definition) is 4. The van der Waals surface area contributed by atoms with Gasteiger partial charge in [0.05, 0.1) is 19.8 Å². The number of furan rings is 1. The predicted molar refractivity (Wildman–Crippen MR) is 108 cm³/mol. The molecule has 5 nitrogen and oxygen atoms in total. The molecule has 2 aliphatic rings. The Morgan fingerprint density at radius 2 is 1.79 bits per heavy atom. The number of amides is 1. The first-order valence-electron chi connectivity index (χ1n) is 10.6. The second-order valence-corrected chi connectivity index (χ2v) is 7.96. The van der Waals surface area contributed by atoms with Gasteiger partial charge in [-0.3, -0.25) is 9.69 Å². The van der Waals surface area contributed by atoms with E-state index in [0.717, 1.165) is 18.6 Å². The number of halogens is 1. The average Bonchev–Trinajstić information content (AvgIpc) is 3.24. The number of morpholine rings is 1. The van der Waals surface area contributed by atoms with Crippen LogP contribution in [0.3, 0.4) is 0 Å². The van der Waals surface area contributed by atoms with Gasteiger partial charge in [-0.2, -0.15) is 0 Å². The van der Waals surface area contributed by atoms with Crippen LogP contribution in [-0.4, -0.2) is 48.1 Å². The summed E-state index contributed by atoms with van der Waals surface area (Å²) in [7, 11) is 0. The molecule has 1 aliphatic heterocycles. The first kappa shape index (κ1) is 20.1. The third-order valence-corrected chi connectivity index (χ3v) is 5.95. The largest absolute Gasteiger partial charge is 0.455 e. The lowest BCUT2D eigenvalue weighted by Crippen LogP contribution is -2.40. The predicted octanol–water partition coefficient (Wildman–Crippen LogP) is 4.23. The molecule has 156 valence electrons. The Kier molecular flexibility index (Phi) is 6.62. The van der Waals surface area contributed by atoms with Gasteiger partial charge in [0.2, 0.25) is 0 Å². The molecule has 2 fully saturated rings. The average molecular weight is 400 g/mol. The highest BCUT2D eigenvalue weighted by molar-refractivity contribution is 5.91. The molecule has 0 spiro atoms. The van der Waals surface area contributed by atoms with Crippen LogP contribution in [0.1, 0.15) is 54.0 Å². The molecular weight excluding hydrogens is 371 g/mol. The van der Waals surface area contributed by atoms with Gasteiger partial charge in [0.15, 0.2) is 5.76 Å². The minimum atomic E-state index is -0.170. The Bertz CT molecular complexity index is 810. The summed E-state index contributed by atoms with van der Waals surface area (Å²) in [4.78, 5) is 16.7. The van der Waals surface area contributed by atoms with Crippen molar-refractivity contribution in [2.75, 3.05) is 26.3 Å². The van der Waals surface area contributed by atoms with Crippen LogP contribution in [-0.2, 0) is 17.8 Å². The van der Waals surface area contributed by atoms with Gasteiger partial charge in [-0.15, -0.1) is 0 Å². The zero-order valence-corrected chi connectivity index (χ0v) is 16.8. The molecule has 4 rings (SSSR count). The maximum absolute atomic E-state index is 14.3. The molecule has 1 aromatic heterocycles. The van der Waals surface area contributed by atoms with E-state index in [1.54, 1.807) is 17.0 Å². The molecule has 6 heteroatoms. The molecule has 0 bridgehead atoms. The van der Waals surface area contributed by atoms with Gasteiger partial charge in [0, 0.05) is 31.2 Å². The van der Waals surface area contributed by atoms with Gasteiger partial charge in [-0.05, 0) is 31.0 Å². The maximum atomic E-state index is 14.3. The molecule has 29 heavy (non-hydrogen) atoms. The van der Waals surface area contributed by atoms with Crippen LogP contribution in [0.4, 0.5) is 4.39 Å². The van der Waals surface area contributed by atoms with Crippen LogP contribution in [0.2, 0.25) is 0 Å². The zero-order valence-electron chi connectivity index (χ0n) is 16.8. The summed E-state index contributed by atoms with van der Waals surface area (Å²) < 4.78 is 25.5. The smallest absolute Gasteiger partial charge is 0.289 e. The summed E-state index contributed by atoms with van der Waals surface area (Å²) in [6, 6.07) is 11.0. The van der Waals surface area contributed by atoms with E-state index >= 15 is 0 Å². The minimum Gasteiger partial charge on any atom is -0.455 e. The summed E-state index contributed by atoms with van der Waals surface area (Å²) in [5.74, 6) is 0.869. The molecule has 1 saturated carbocycles. The number of benzene rings is 1. The summed E-state index contributed by atoms with van der Waals surface area (Å²) in [5.41, 5.74) is 0.703. The fourth-order valence-corrected chi connectivity index (χ4v) is 4.31. The fourth-order valence-electron chi connectivity index (χ4n) is 4.31. The highest BCUT2D eigenvalue weighted by Gasteiger charge is 2.25. The van der Waals surface area contributed by atoms with E-state index in [4.69, 9.17) is 9.15 Å². The second kappa shape index (κ2) is 9.55. The fraction of sp³-hybridized carbons (Fsp3) is 0.522. The van der Waals surface area contributed by atoms with Crippen LogP contribution in [0.25, 0.3) is 0 Å². The molecule has 1 aliphatic carbocycles. The van der Waals surface area contributed by atoms with Gasteiger partial charge < -0.3 is 14.1 Å². The van der Waals surface area contributed by atoms with Gasteiger partial charge >= 0.3 is 0 Å². The third kappa shape index (κ3) is 5.06. The van der Waals surface area contributed by atoms with Gasteiger partial charge in [0.1, 0.15) is 11.6 Å². The van der Waals surface area contributed by atoms with Crippen LogP contribution < -0.4 is 0 Å². The molecule has 1 aromatic carbocycles. The van der Waals surface area contributed by atoms with Gasteiger partial charge in [-0.1, -0.05) is 37.5 Å². The maximum Gasteiger partial charge on any atom is 0.289 e. The Balaban J connectivity index is 1.47. The minimum absolute atomic E-state index is 0.0853. The summed E-state index contributed by atoms with van der Waals surface area (Å²) in [6.07, 6.45) is 5.92. The Hall–Kier alpha value is -2.18. The van der Waals surface area contributed by atoms with E-state index in [2.05, 4.69) is 4.90 Å². The topological polar surface area (TPSA) is 45.9 Å². The Morgan fingerprint density at radius 1 is 1.03 bits per heavy atom. The van der Waals surface area contributed by atoms with Crippen LogP contribution in [0.5, 0.6) is 0 Å². The standard InChI is InChI=1S/C23H29FN2O3/c24-21-9-5-4-6-18(21)16-26(19-7-2-1-3-8-19)17-20-10-11-22(29-20)23(27)25-12-14-28-15-13-25/h4-6,9-11,19H,1-3,7-8,12-17H2. The highest BCUT2D eigenvalue weighted by atomic mass is 19.1. The van der Waals surface area contributed by atoms with Crippen LogP contribution >= 0.6 is 0 Å². The van der Waals surface area contributed by atoms with E-state index in [1.165, 1.54) is 25.3 Å². The number of hydrogen-bond donors (Lipinski definition) is 0. The van der Waals surface area contributed by atoms with Crippen molar-refractivity contribution >= 4 is 5.91 Å². The molecule has 0 N–H and O–H groups in total. The lowest BCUT2D eigenvalue weighted by atomic mass is 9.93. The van der Waals surface area contributed by atoms with E-state index in [9.17, 15) is 9.18 Å². The van der Waals surface area contributed by atoms with E-state index in [-0.39, 0.29) is 11.7 Å². The summed E-state index contributed by atoms with van der Waals surface area (Å²) in [6.45, 7) is 3.45. The van der Waals surface area contributed by atoms with Crippen molar-refractivity contribution < 1.29 is 18.3 Å². The SMILES string of the molecule is O=C(c1ccc(CN(Cc2ccccc2F)C2CCCCC2)o1)N1CCOCC1. The van der Waals surface area contributed by atoms with Crippen LogP contribution in [0.15, 0.2) is 40.8 Å². The normalized spacial score (nSPS) is 18.3. The number of ether oxygens (including phenoxy) is 1. The number of carbonyl (C=O) groups is 1. The van der Waals surface area contributed by atoms with Crippen molar-refractivity contribution in [2.24, 2.45) is 0 Å². The van der Waals surface area contributed by atoms with Crippen molar-refractivity contribution in [1.82, 2.24) is 9.80 Å². The molecular formula is C23H29FN2O3. The van der Waals surface area contributed by atoms with Crippen LogP contribution in [0, 0.1) is 5.82 Å². The van der Waals surface area contributed by atoms with Gasteiger partial charge in [-0.25, -0.2) is 4.39 Å². The van der Waals surface area contributed by atoms with E-state index < -0.39 is 0 Å². The lowest BCUT2D eigenvalue weighted by molar-refractivity contribution is 0.0280. The van der Waals surface area contributed by atoms with Crippen molar-refractivity contribution in [2.45, 2.75) is 51.2 Å². The summed E-state index contributed by atoms with van der Waals surface area (Å²) >= 11 is 0. The van der Waals surface area contributed by atoms with Crippen molar-refractivity contribution in [3.05, 3.63) is 59.3 Å². The molecule has 1 amide bonds. The second-order valence-electron chi connectivity index (χ2n) is 7.96. The van der Waals surface area contributed by atoms with Crippen molar-refractivity contribution in [3.63, 3.8) is 0 Å². The molecule has 2 aromatic rings. The molecule has 1 saturated heterocycles. The molecule has 0 atom stereocenters. The zero-order chi connectivity index (χ0) is 20.1. The summed E-state index contributed by atoms with van der Waals surface area (Å²) in [5, 5.41) is 0. The molecule has 2 heterocycles. The number of carbonyl (C=O) groups excluding carboxylic acids is 1. The first-order valence-corrected chi connectivity index (χ1v) is 10.6. The van der Waals surface area contributed by atoms with E-state index in [1.807, 2.05) is 18.2 Å². The van der Waals surface area contributed by atoms with Crippen molar-refractivity contribution in [3.8, 4) is 0 Å². The van der Waals surface area contributed by atoms with Gasteiger partial charge in [0.25, 0.3) is 5.91 Å². The third-order valence-electron chi connectivity index (χ3n) is 5.95.